The van der Waals surface area contributed by atoms with Gasteiger partial charge in [0.15, 0.2) is 0 Å². The predicted molar refractivity (Wildman–Crippen MR) is 517 cm³/mol. The van der Waals surface area contributed by atoms with Gasteiger partial charge < -0.3 is 14.4 Å². The molecule has 3 aliphatic rings. The maximum atomic E-state index is 10.1. The van der Waals surface area contributed by atoms with E-state index in [1.807, 2.05) is 6.07 Å². The van der Waals surface area contributed by atoms with Crippen molar-refractivity contribution in [2.75, 3.05) is 9.80 Å². The predicted octanol–water partition coefficient (Wildman–Crippen LogP) is 29.6. The van der Waals surface area contributed by atoms with E-state index in [4.69, 9.17) is 0 Å². The van der Waals surface area contributed by atoms with Crippen LogP contribution in [0.1, 0.15) is 139 Å². The van der Waals surface area contributed by atoms with Crippen molar-refractivity contribution < 1.29 is 11.0 Å². The van der Waals surface area contributed by atoms with Gasteiger partial charge in [0.25, 0.3) is 6.71 Å². The third-order valence-electron chi connectivity index (χ3n) is 25.8. The number of hydrogen-bond donors (Lipinski definition) is 0. The third-order valence-corrected chi connectivity index (χ3v) is 25.8. The van der Waals surface area contributed by atoms with Crippen molar-refractivity contribution in [2.45, 2.75) is 110 Å². The lowest BCUT2D eigenvalue weighted by Gasteiger charge is -2.46. The molecule has 21 rings (SSSR count). The van der Waals surface area contributed by atoms with Crippen LogP contribution >= 0.6 is 0 Å². The molecule has 0 radical (unpaired) electrons. The monoisotopic (exact) mass is 1560 g/mol. The fourth-order valence-corrected chi connectivity index (χ4v) is 19.7. The molecular formula is C117H98BN3. The normalized spacial score (nSPS) is 15.2. The number of rotatable bonds is 11. The molecular weight excluding hydrogens is 1460 g/mol. The molecule has 121 heavy (non-hydrogen) atoms. The molecule has 3 nitrogen and oxygen atoms in total. The number of benzene rings is 17. The molecule has 4 heteroatoms. The molecule has 1 aliphatic carbocycles. The van der Waals surface area contributed by atoms with Crippen molar-refractivity contribution in [3.8, 4) is 83.6 Å². The van der Waals surface area contributed by atoms with E-state index in [2.05, 4.69) is 414 Å². The van der Waals surface area contributed by atoms with Crippen LogP contribution in [0.4, 0.5) is 34.1 Å². The largest absolute Gasteiger partial charge is 0.310 e. The van der Waals surface area contributed by atoms with E-state index in [1.54, 1.807) is 4.57 Å². The average Bonchev–Trinajstić information content (AvgIpc) is 1.67. The zero-order valence-electron chi connectivity index (χ0n) is 78.6. The van der Waals surface area contributed by atoms with Crippen molar-refractivity contribution in [1.82, 2.24) is 4.57 Å². The highest BCUT2D eigenvalue weighted by Crippen LogP contribution is 2.61. The molecule has 0 spiro atoms. The number of anilines is 6. The van der Waals surface area contributed by atoms with E-state index in [9.17, 15) is 11.0 Å². The highest BCUT2D eigenvalue weighted by atomic mass is 15.2. The Hall–Kier alpha value is -13.5. The Morgan fingerprint density at radius 2 is 0.686 bits per heavy atom. The van der Waals surface area contributed by atoms with Gasteiger partial charge in [0, 0.05) is 61.5 Å². The zero-order chi connectivity index (χ0) is 89.6. The van der Waals surface area contributed by atoms with Crippen molar-refractivity contribution in [2.24, 2.45) is 0 Å². The lowest BCUT2D eigenvalue weighted by atomic mass is 9.33. The van der Waals surface area contributed by atoms with Gasteiger partial charge in [-0.2, -0.15) is 0 Å². The second-order valence-electron chi connectivity index (χ2n) is 37.4. The molecule has 0 N–H and O–H groups in total. The Labute approximate surface area is 724 Å². The van der Waals surface area contributed by atoms with Crippen LogP contribution in [0.25, 0.3) is 116 Å². The first-order valence-corrected chi connectivity index (χ1v) is 42.5. The maximum absolute atomic E-state index is 10.1. The molecule has 584 valence electrons. The molecule has 2 aliphatic heterocycles. The molecule has 0 bridgehead atoms. The summed E-state index contributed by atoms with van der Waals surface area (Å²) in [5.74, 6) is 0. The Bertz CT molecular complexity index is 7460. The molecule has 0 saturated heterocycles. The van der Waals surface area contributed by atoms with Gasteiger partial charge in [0.1, 0.15) is 0 Å². The SMILES string of the molecule is [2H]c1c([2H])c([2H])c2c(c1[2H])c1c([2H])c([2H])c([2H])c([2H])c1n2-c1ccc2c(c1)N(c1c(-c3ccccc3)cc(C(C)(C)C)cc1-c1ccccc1)c1cc(-c3cc(C(C)(C)C)cc(C(C)(C)C)c3)cc3c1B2c1ccc(-c2cccc4c2C(c2ccccc2)(c2ccc5ccccc5c2)c2ccccc2-4)cc1N3c1c(-c2ccccc2)cc(C(C)(C)C)cc1-c1ccccc1. The summed E-state index contributed by atoms with van der Waals surface area (Å²) in [6, 6.07) is 118. The maximum Gasteiger partial charge on any atom is 0.252 e. The van der Waals surface area contributed by atoms with Gasteiger partial charge in [-0.15, -0.1) is 0 Å². The minimum Gasteiger partial charge on any atom is -0.310 e. The summed E-state index contributed by atoms with van der Waals surface area (Å²) in [7, 11) is 0. The number of aromatic nitrogens is 1. The fraction of sp³-hybridized carbons (Fsp3) is 0.145. The summed E-state index contributed by atoms with van der Waals surface area (Å²) < 4.78 is 78.9. The zero-order valence-corrected chi connectivity index (χ0v) is 70.6. The van der Waals surface area contributed by atoms with Crippen molar-refractivity contribution in [3.63, 3.8) is 0 Å². The molecule has 18 aromatic rings. The third kappa shape index (κ3) is 12.3. The topological polar surface area (TPSA) is 11.4 Å². The fourth-order valence-electron chi connectivity index (χ4n) is 19.7. The highest BCUT2D eigenvalue weighted by molar-refractivity contribution is 7.00. The van der Waals surface area contributed by atoms with E-state index in [0.717, 1.165) is 150 Å². The second-order valence-corrected chi connectivity index (χ2v) is 37.4. The average molecular weight is 1560 g/mol. The van der Waals surface area contributed by atoms with Crippen LogP contribution in [0.3, 0.4) is 0 Å². The summed E-state index contributed by atoms with van der Waals surface area (Å²) in [5.41, 5.74) is 30.6. The first-order chi connectivity index (χ1) is 61.9. The van der Waals surface area contributed by atoms with Crippen LogP contribution in [0.5, 0.6) is 0 Å². The number of nitrogens with zero attached hydrogens (tertiary/aromatic N) is 3. The van der Waals surface area contributed by atoms with Crippen LogP contribution in [-0.2, 0) is 27.1 Å². The van der Waals surface area contributed by atoms with Gasteiger partial charge in [-0.1, -0.05) is 386 Å². The minimum atomic E-state index is -0.831. The Balaban J connectivity index is 0.982. The van der Waals surface area contributed by atoms with E-state index in [-0.39, 0.29) is 55.6 Å². The molecule has 0 fully saturated rings. The summed E-state index contributed by atoms with van der Waals surface area (Å²) in [4.78, 5) is 5.16. The summed E-state index contributed by atoms with van der Waals surface area (Å²) in [6.07, 6.45) is 0. The summed E-state index contributed by atoms with van der Waals surface area (Å²) >= 11 is 0. The van der Waals surface area contributed by atoms with Gasteiger partial charge in [-0.3, -0.25) is 0 Å². The van der Waals surface area contributed by atoms with E-state index < -0.39 is 48.4 Å². The number of fused-ring (bicyclic) bond motifs is 11. The van der Waals surface area contributed by atoms with Crippen LogP contribution in [0.15, 0.2) is 376 Å². The van der Waals surface area contributed by atoms with E-state index in [0.29, 0.717) is 5.69 Å². The van der Waals surface area contributed by atoms with Gasteiger partial charge in [-0.25, -0.2) is 0 Å². The van der Waals surface area contributed by atoms with Crippen molar-refractivity contribution >= 4 is 89.8 Å². The Morgan fingerprint density at radius 1 is 0.281 bits per heavy atom. The molecule has 1 unspecified atom stereocenters. The van der Waals surface area contributed by atoms with Crippen molar-refractivity contribution in [3.05, 3.63) is 420 Å². The summed E-state index contributed by atoms with van der Waals surface area (Å²) in [6.45, 7) is 27.0. The van der Waals surface area contributed by atoms with Crippen LogP contribution < -0.4 is 26.2 Å². The molecule has 1 aromatic heterocycles. The Kier molecular flexibility index (Phi) is 15.5. The standard InChI is InChI=1S/C117H98BN3/c1-113(2,3)86-64-82(65-87(69-86)114(4,5)6)83-67-107-110-108(68-83)121(112-98(78-42-22-15-23-43-78)72-89(116(10,11)12)73-99(112)79-44-24-16-25-45-79)106-74-90(119-103-55-34-31-50-93(103)94-51-32-35-56-104(94)119)60-62-102(106)118(110)101-61-58-81(66-105(101)120(107)111-96(76-38-18-13-19-39-76)70-88(115(7,8)9)71-97(111)77-40-20-14-21-41-77)91-52-36-53-95-92-49-30-33-54-100(92)117(109(91)95,84-47-26-17-27-48-84)85-59-57-75-37-28-29-46-80(75)63-85/h13-74H,1-12H3/i31D,32D,34D,35D,50D,51D,55D,56D. The number of hydrogen-bond acceptors (Lipinski definition) is 2. The molecule has 1 atom stereocenters. The summed E-state index contributed by atoms with van der Waals surface area (Å²) in [5, 5.41) is 2.32. The highest BCUT2D eigenvalue weighted by Gasteiger charge is 2.50. The second kappa shape index (κ2) is 28.3. The van der Waals surface area contributed by atoms with E-state index in [1.165, 1.54) is 33.4 Å². The molecule has 3 heterocycles. The molecule has 17 aromatic carbocycles. The van der Waals surface area contributed by atoms with Gasteiger partial charge in [0.2, 0.25) is 0 Å². The van der Waals surface area contributed by atoms with Crippen LogP contribution in [0.2, 0.25) is 0 Å². The van der Waals surface area contributed by atoms with Crippen LogP contribution in [0, 0.1) is 0 Å². The first-order valence-electron chi connectivity index (χ1n) is 46.5. The lowest BCUT2D eigenvalue weighted by Crippen LogP contribution is -2.61. The van der Waals surface area contributed by atoms with Gasteiger partial charge >= 0.3 is 0 Å². The molecule has 0 saturated carbocycles. The van der Waals surface area contributed by atoms with E-state index >= 15 is 0 Å². The minimum absolute atomic E-state index is 0.00316. The lowest BCUT2D eigenvalue weighted by molar-refractivity contribution is 0.569. The molecule has 0 amide bonds. The van der Waals surface area contributed by atoms with Gasteiger partial charge in [-0.05, 0) is 222 Å². The first kappa shape index (κ1) is 66.4. The van der Waals surface area contributed by atoms with Gasteiger partial charge in [0.05, 0.1) is 38.8 Å². The van der Waals surface area contributed by atoms with Crippen molar-refractivity contribution in [1.29, 1.82) is 0 Å². The number of para-hydroxylation sites is 2. The smallest absolute Gasteiger partial charge is 0.252 e. The quantitative estimate of drug-likeness (QED) is 0.120. The van der Waals surface area contributed by atoms with Crippen LogP contribution in [-0.4, -0.2) is 11.3 Å². The Morgan fingerprint density at radius 3 is 1.19 bits per heavy atom.